The van der Waals surface area contributed by atoms with E-state index < -0.39 is 8.32 Å². The molecule has 27 heavy (non-hydrogen) atoms. The van der Waals surface area contributed by atoms with Gasteiger partial charge in [-0.1, -0.05) is 47.6 Å². The number of aliphatic hydroxyl groups excluding tert-OH is 1. The highest BCUT2D eigenvalue weighted by atomic mass is 28.4. The van der Waals surface area contributed by atoms with Gasteiger partial charge >= 0.3 is 0 Å². The van der Waals surface area contributed by atoms with E-state index in [1.165, 1.54) is 23.7 Å². The molecule has 0 unspecified atom stereocenters. The summed E-state index contributed by atoms with van der Waals surface area (Å²) in [7, 11) is -1.62. The third kappa shape index (κ3) is 6.55. The first kappa shape index (κ1) is 24.1. The Morgan fingerprint density at radius 1 is 1.07 bits per heavy atom. The van der Waals surface area contributed by atoms with Gasteiger partial charge < -0.3 is 9.53 Å². The Bertz CT molecular complexity index is 569. The van der Waals surface area contributed by atoms with Crippen molar-refractivity contribution in [3.8, 4) is 0 Å². The van der Waals surface area contributed by atoms with E-state index in [9.17, 15) is 5.11 Å². The van der Waals surface area contributed by atoms with Crippen molar-refractivity contribution in [2.45, 2.75) is 104 Å². The maximum Gasteiger partial charge on any atom is 0.192 e. The highest BCUT2D eigenvalue weighted by Crippen LogP contribution is 2.35. The predicted octanol–water partition coefficient (Wildman–Crippen LogP) is 6.73. The number of pyridine rings is 1. The van der Waals surface area contributed by atoms with Crippen molar-refractivity contribution in [2.75, 3.05) is 0 Å². The molecule has 1 rings (SSSR count). The number of hydrogen-bond donors (Lipinski definition) is 1. The Hall–Kier alpha value is -0.973. The summed E-state index contributed by atoms with van der Waals surface area (Å²) in [5, 5.41) is 9.37. The molecule has 1 N–H and O–H groups in total. The summed E-state index contributed by atoms with van der Waals surface area (Å²) in [5.74, 6) is 0. The van der Waals surface area contributed by atoms with E-state index in [0.717, 1.165) is 43.2 Å². The molecule has 0 aliphatic heterocycles. The van der Waals surface area contributed by atoms with E-state index in [1.807, 2.05) is 6.20 Å². The van der Waals surface area contributed by atoms with Gasteiger partial charge in [-0.2, -0.15) is 0 Å². The van der Waals surface area contributed by atoms with Gasteiger partial charge in [0.15, 0.2) is 8.32 Å². The molecule has 154 valence electrons. The molecule has 0 radical (unpaired) electrons. The molecule has 3 nitrogen and oxygen atoms in total. The van der Waals surface area contributed by atoms with Gasteiger partial charge in [0.2, 0.25) is 0 Å². The lowest BCUT2D eigenvalue weighted by atomic mass is 9.91. The van der Waals surface area contributed by atoms with Crippen molar-refractivity contribution in [1.29, 1.82) is 0 Å². The van der Waals surface area contributed by atoms with Crippen molar-refractivity contribution in [3.63, 3.8) is 0 Å². The van der Waals surface area contributed by atoms with Crippen LogP contribution in [0.1, 0.15) is 84.8 Å². The van der Waals surface area contributed by atoms with Crippen LogP contribution >= 0.6 is 0 Å². The summed E-state index contributed by atoms with van der Waals surface area (Å²) < 4.78 is 6.99. The maximum absolute atomic E-state index is 9.37. The molecule has 0 saturated carbocycles. The van der Waals surface area contributed by atoms with Crippen molar-refractivity contribution in [3.05, 3.63) is 35.7 Å². The summed E-state index contributed by atoms with van der Waals surface area (Å²) in [6.07, 6.45) is 11.2. The first-order valence-corrected chi connectivity index (χ1v) is 13.4. The molecular formula is C23H41NO2Si. The average Bonchev–Trinajstić information content (AvgIpc) is 2.74. The molecule has 0 amide bonds. The number of rotatable bonds is 13. The summed E-state index contributed by atoms with van der Waals surface area (Å²) in [5.41, 5.74) is 3.32. The molecule has 0 saturated heterocycles. The Morgan fingerprint density at radius 2 is 1.70 bits per heavy atom. The molecule has 1 aromatic rings. The normalized spacial score (nSPS) is 13.2. The lowest BCUT2D eigenvalue weighted by Gasteiger charge is -2.42. The zero-order valence-corrected chi connectivity index (χ0v) is 19.5. The van der Waals surface area contributed by atoms with Crippen molar-refractivity contribution in [1.82, 2.24) is 4.98 Å². The van der Waals surface area contributed by atoms with Crippen LogP contribution in [-0.2, 0) is 11.0 Å². The van der Waals surface area contributed by atoms with Gasteiger partial charge in [-0.3, -0.25) is 4.98 Å². The van der Waals surface area contributed by atoms with Crippen LogP contribution in [0.15, 0.2) is 24.5 Å². The molecule has 0 aliphatic rings. The summed E-state index contributed by atoms with van der Waals surface area (Å²) in [4.78, 5) is 4.28. The SMILES string of the molecule is CCC(=CCCC(CC)(CC)O[Si](CC)(CC)CC)c1cncc(CO)c1. The van der Waals surface area contributed by atoms with E-state index >= 15 is 0 Å². The quantitative estimate of drug-likeness (QED) is 0.379. The zero-order valence-electron chi connectivity index (χ0n) is 18.5. The van der Waals surface area contributed by atoms with Gasteiger partial charge in [0.1, 0.15) is 0 Å². The monoisotopic (exact) mass is 391 g/mol. The number of allylic oxidation sites excluding steroid dienone is 2. The molecule has 1 aromatic heterocycles. The van der Waals surface area contributed by atoms with E-state index in [4.69, 9.17) is 4.43 Å². The van der Waals surface area contributed by atoms with Crippen molar-refractivity contribution < 1.29 is 9.53 Å². The lowest BCUT2D eigenvalue weighted by Crippen LogP contribution is -2.46. The molecule has 0 aliphatic carbocycles. The Kier molecular flexibility index (Phi) is 10.5. The third-order valence-electron chi connectivity index (χ3n) is 6.37. The molecule has 0 bridgehead atoms. The Morgan fingerprint density at radius 3 is 2.19 bits per heavy atom. The first-order chi connectivity index (χ1) is 13.0. The van der Waals surface area contributed by atoms with Crippen LogP contribution < -0.4 is 0 Å². The van der Waals surface area contributed by atoms with Gasteiger partial charge in [0.25, 0.3) is 0 Å². The highest BCUT2D eigenvalue weighted by molar-refractivity contribution is 6.73. The largest absolute Gasteiger partial charge is 0.411 e. The smallest absolute Gasteiger partial charge is 0.192 e. The minimum atomic E-state index is -1.62. The topological polar surface area (TPSA) is 42.4 Å². The third-order valence-corrected chi connectivity index (χ3v) is 11.1. The number of hydrogen-bond acceptors (Lipinski definition) is 3. The second kappa shape index (κ2) is 11.8. The number of nitrogens with zero attached hydrogens (tertiary/aromatic N) is 1. The van der Waals surface area contributed by atoms with Crippen LogP contribution in [0.2, 0.25) is 18.1 Å². The van der Waals surface area contributed by atoms with Crippen LogP contribution in [-0.4, -0.2) is 24.0 Å². The lowest BCUT2D eigenvalue weighted by molar-refractivity contribution is 0.0397. The average molecular weight is 392 g/mol. The minimum Gasteiger partial charge on any atom is -0.411 e. The van der Waals surface area contributed by atoms with Crippen LogP contribution in [0, 0.1) is 0 Å². The van der Waals surface area contributed by atoms with Crippen molar-refractivity contribution >= 4 is 13.9 Å². The van der Waals surface area contributed by atoms with E-state index in [2.05, 4.69) is 58.7 Å². The van der Waals surface area contributed by atoms with Gasteiger partial charge in [-0.15, -0.1) is 0 Å². The van der Waals surface area contributed by atoms with Crippen molar-refractivity contribution in [2.24, 2.45) is 0 Å². The van der Waals surface area contributed by atoms with Crippen LogP contribution in [0.4, 0.5) is 0 Å². The van der Waals surface area contributed by atoms with Crippen LogP contribution in [0.5, 0.6) is 0 Å². The second-order valence-corrected chi connectivity index (χ2v) is 12.3. The fourth-order valence-electron chi connectivity index (χ4n) is 3.95. The molecule has 1 heterocycles. The molecule has 0 fully saturated rings. The van der Waals surface area contributed by atoms with Gasteiger partial charge in [-0.05, 0) is 73.0 Å². The van der Waals surface area contributed by atoms with Crippen LogP contribution in [0.3, 0.4) is 0 Å². The fraction of sp³-hybridized carbons (Fsp3) is 0.696. The standard InChI is InChI=1S/C23H41NO2Si/c1-7-21(22-16-20(19-25)17-24-18-22)14-13-15-23(8-2,9-3)26-27(10-4,11-5)12-6/h14,16-18,25H,7-13,15,19H2,1-6H3. The molecule has 0 aromatic carbocycles. The predicted molar refractivity (Wildman–Crippen MR) is 119 cm³/mol. The fourth-order valence-corrected chi connectivity index (χ4v) is 7.19. The molecule has 0 spiro atoms. The Labute approximate surface area is 168 Å². The summed E-state index contributed by atoms with van der Waals surface area (Å²) >= 11 is 0. The molecule has 4 heteroatoms. The molecular weight excluding hydrogens is 350 g/mol. The highest BCUT2D eigenvalue weighted by Gasteiger charge is 2.38. The van der Waals surface area contributed by atoms with E-state index in [-0.39, 0.29) is 12.2 Å². The Balaban J connectivity index is 2.95. The minimum absolute atomic E-state index is 0.00873. The first-order valence-electron chi connectivity index (χ1n) is 10.9. The van der Waals surface area contributed by atoms with Gasteiger partial charge in [0, 0.05) is 12.4 Å². The summed E-state index contributed by atoms with van der Waals surface area (Å²) in [6, 6.07) is 5.67. The van der Waals surface area contributed by atoms with E-state index in [0.29, 0.717) is 0 Å². The maximum atomic E-state index is 9.37. The second-order valence-electron chi connectivity index (χ2n) is 7.60. The summed E-state index contributed by atoms with van der Waals surface area (Å²) in [6.45, 7) is 13.7. The van der Waals surface area contributed by atoms with E-state index in [1.54, 1.807) is 6.20 Å². The molecule has 0 atom stereocenters. The number of aliphatic hydroxyl groups is 1. The van der Waals surface area contributed by atoms with Gasteiger partial charge in [-0.25, -0.2) is 0 Å². The van der Waals surface area contributed by atoms with Gasteiger partial charge in [0.05, 0.1) is 12.2 Å². The van der Waals surface area contributed by atoms with Crippen LogP contribution in [0.25, 0.3) is 5.57 Å². The number of aromatic nitrogens is 1. The zero-order chi connectivity index (χ0) is 20.3.